The van der Waals surface area contributed by atoms with E-state index in [0.717, 1.165) is 5.76 Å². The van der Waals surface area contributed by atoms with Crippen LogP contribution in [0.15, 0.2) is 21.5 Å². The molecule has 1 rings (SSSR count). The van der Waals surface area contributed by atoms with Crippen molar-refractivity contribution in [3.05, 3.63) is 23.7 Å². The number of carbonyl (C=O) groups excluding carboxylic acids is 1. The van der Waals surface area contributed by atoms with Crippen LogP contribution in [0.2, 0.25) is 0 Å². The Morgan fingerprint density at radius 2 is 2.50 bits per heavy atom. The van der Waals surface area contributed by atoms with Gasteiger partial charge in [0.15, 0.2) is 0 Å². The van der Waals surface area contributed by atoms with Crippen molar-refractivity contribution < 1.29 is 9.21 Å². The molecule has 0 aromatic carbocycles. The molecule has 1 aromatic rings. The van der Waals surface area contributed by atoms with Crippen LogP contribution in [0.25, 0.3) is 0 Å². The lowest BCUT2D eigenvalue weighted by Gasteiger charge is -1.87. The highest BCUT2D eigenvalue weighted by Gasteiger charge is 1.95. The van der Waals surface area contributed by atoms with E-state index in [9.17, 15) is 4.79 Å². The summed E-state index contributed by atoms with van der Waals surface area (Å²) in [5.74, 6) is 6.09. The van der Waals surface area contributed by atoms with Crippen LogP contribution in [0.1, 0.15) is 11.5 Å². The molecular weight excluding hydrogens is 158 g/mol. The number of nitrogens with one attached hydrogen (secondary N) is 1. The highest BCUT2D eigenvalue weighted by atomic mass is 16.3. The molecule has 5 heteroatoms. The van der Waals surface area contributed by atoms with Crippen molar-refractivity contribution >= 4 is 12.2 Å². The Hall–Kier alpha value is -1.62. The third kappa shape index (κ3) is 2.21. The number of hydrogen-bond acceptors (Lipinski definition) is 3. The van der Waals surface area contributed by atoms with Crippen molar-refractivity contribution in [2.75, 3.05) is 0 Å². The number of urea groups is 1. The summed E-state index contributed by atoms with van der Waals surface area (Å²) in [6.45, 7) is 1.81. The minimum Gasteiger partial charge on any atom is -0.460 e. The smallest absolute Gasteiger partial charge is 0.355 e. The van der Waals surface area contributed by atoms with Crippen LogP contribution in [0, 0.1) is 6.92 Å². The summed E-state index contributed by atoms with van der Waals surface area (Å²) in [7, 11) is 0. The van der Waals surface area contributed by atoms with Gasteiger partial charge >= 0.3 is 6.03 Å². The first-order valence-electron chi connectivity index (χ1n) is 3.33. The predicted molar refractivity (Wildman–Crippen MR) is 43.8 cm³/mol. The van der Waals surface area contributed by atoms with Crippen molar-refractivity contribution in [3.63, 3.8) is 0 Å². The normalized spacial score (nSPS) is 10.5. The van der Waals surface area contributed by atoms with E-state index in [1.807, 2.05) is 5.43 Å². The molecule has 0 atom stereocenters. The molecule has 0 aliphatic rings. The Labute approximate surface area is 69.2 Å². The van der Waals surface area contributed by atoms with Crippen LogP contribution in [0.4, 0.5) is 4.79 Å². The van der Waals surface area contributed by atoms with E-state index in [0.29, 0.717) is 5.76 Å². The lowest BCUT2D eigenvalue weighted by molar-refractivity contribution is 0.249. The van der Waals surface area contributed by atoms with Crippen molar-refractivity contribution in [1.29, 1.82) is 0 Å². The Morgan fingerprint density at radius 3 is 3.00 bits per heavy atom. The summed E-state index contributed by atoms with van der Waals surface area (Å²) in [6, 6.07) is 2.88. The number of carbonyl (C=O) groups is 1. The van der Waals surface area contributed by atoms with Gasteiger partial charge in [-0.05, 0) is 19.1 Å². The minimum absolute atomic E-state index is 0.524. The second-order valence-corrected chi connectivity index (χ2v) is 2.16. The lowest BCUT2D eigenvalue weighted by atomic mass is 10.4. The molecule has 0 spiro atoms. The molecule has 0 fully saturated rings. The number of aryl methyl sites for hydroxylation is 1. The number of nitrogens with zero attached hydrogens (tertiary/aromatic N) is 1. The fourth-order valence-corrected chi connectivity index (χ4v) is 0.682. The fraction of sp³-hybridized carbons (Fsp3) is 0.143. The quantitative estimate of drug-likeness (QED) is 0.278. The number of hydrazine groups is 1. The van der Waals surface area contributed by atoms with E-state index >= 15 is 0 Å². The monoisotopic (exact) mass is 167 g/mol. The standard InChI is InChI=1S/C7H9N3O2/c1-5-2-3-6(12-5)4-9-7(11)10-8/h2-4H,8H2,1H3,(H,10,11)/b9-4+. The topological polar surface area (TPSA) is 80.6 Å². The third-order valence-corrected chi connectivity index (χ3v) is 1.19. The highest BCUT2D eigenvalue weighted by Crippen LogP contribution is 2.02. The van der Waals surface area contributed by atoms with Gasteiger partial charge in [-0.1, -0.05) is 0 Å². The zero-order valence-corrected chi connectivity index (χ0v) is 6.57. The van der Waals surface area contributed by atoms with Gasteiger partial charge in [-0.15, -0.1) is 0 Å². The SMILES string of the molecule is Cc1ccc(/C=N/C(=O)NN)o1. The number of hydrogen-bond donors (Lipinski definition) is 2. The number of furan rings is 1. The van der Waals surface area contributed by atoms with Crippen LogP contribution < -0.4 is 11.3 Å². The van der Waals surface area contributed by atoms with E-state index in [1.54, 1.807) is 19.1 Å². The maximum Gasteiger partial charge on any atom is 0.355 e. The van der Waals surface area contributed by atoms with Crippen LogP contribution >= 0.6 is 0 Å². The molecule has 1 aromatic heterocycles. The molecule has 3 N–H and O–H groups in total. The third-order valence-electron chi connectivity index (χ3n) is 1.19. The maximum atomic E-state index is 10.5. The molecule has 0 saturated heterocycles. The average molecular weight is 167 g/mol. The number of nitrogens with two attached hydrogens (primary N) is 1. The molecule has 0 saturated carbocycles. The van der Waals surface area contributed by atoms with E-state index < -0.39 is 6.03 Å². The average Bonchev–Trinajstić information content (AvgIpc) is 2.47. The largest absolute Gasteiger partial charge is 0.460 e. The van der Waals surface area contributed by atoms with E-state index in [-0.39, 0.29) is 0 Å². The number of amides is 2. The van der Waals surface area contributed by atoms with Crippen molar-refractivity contribution in [1.82, 2.24) is 5.43 Å². The summed E-state index contributed by atoms with van der Waals surface area (Å²) in [5.41, 5.74) is 1.86. The zero-order valence-electron chi connectivity index (χ0n) is 6.57. The van der Waals surface area contributed by atoms with Crippen molar-refractivity contribution in [3.8, 4) is 0 Å². The molecule has 12 heavy (non-hydrogen) atoms. The zero-order chi connectivity index (χ0) is 8.97. The summed E-state index contributed by atoms with van der Waals surface area (Å²) in [6.07, 6.45) is 1.30. The summed E-state index contributed by atoms with van der Waals surface area (Å²) in [5, 5.41) is 0. The van der Waals surface area contributed by atoms with Crippen LogP contribution in [0.3, 0.4) is 0 Å². The van der Waals surface area contributed by atoms with Gasteiger partial charge in [-0.25, -0.2) is 10.6 Å². The summed E-state index contributed by atoms with van der Waals surface area (Å²) in [4.78, 5) is 13.9. The van der Waals surface area contributed by atoms with Crippen LogP contribution in [0.5, 0.6) is 0 Å². The molecule has 64 valence electrons. The fourth-order valence-electron chi connectivity index (χ4n) is 0.682. The molecule has 0 aliphatic heterocycles. The van der Waals surface area contributed by atoms with Gasteiger partial charge in [0, 0.05) is 0 Å². The molecule has 0 aliphatic carbocycles. The van der Waals surface area contributed by atoms with Gasteiger partial charge in [-0.3, -0.25) is 5.43 Å². The van der Waals surface area contributed by atoms with E-state index in [2.05, 4.69) is 4.99 Å². The maximum absolute atomic E-state index is 10.5. The molecule has 5 nitrogen and oxygen atoms in total. The molecule has 2 amide bonds. The molecule has 0 unspecified atom stereocenters. The van der Waals surface area contributed by atoms with Crippen molar-refractivity contribution in [2.45, 2.75) is 6.92 Å². The summed E-state index contributed by atoms with van der Waals surface area (Å²) < 4.78 is 5.11. The lowest BCUT2D eigenvalue weighted by Crippen LogP contribution is -2.26. The summed E-state index contributed by atoms with van der Waals surface area (Å²) >= 11 is 0. The first-order valence-corrected chi connectivity index (χ1v) is 3.33. The van der Waals surface area contributed by atoms with Crippen LogP contribution in [-0.2, 0) is 0 Å². The minimum atomic E-state index is -0.607. The van der Waals surface area contributed by atoms with Crippen LogP contribution in [-0.4, -0.2) is 12.2 Å². The first-order chi connectivity index (χ1) is 5.72. The number of aliphatic imine (C=N–C) groups is 1. The van der Waals surface area contributed by atoms with Gasteiger partial charge < -0.3 is 4.42 Å². The Bertz CT molecular complexity index is 303. The Kier molecular flexibility index (Phi) is 2.60. The first kappa shape index (κ1) is 8.48. The van der Waals surface area contributed by atoms with E-state index in [4.69, 9.17) is 10.3 Å². The Morgan fingerprint density at radius 1 is 1.75 bits per heavy atom. The number of rotatable bonds is 1. The molecular formula is C7H9N3O2. The van der Waals surface area contributed by atoms with Crippen molar-refractivity contribution in [2.24, 2.45) is 10.8 Å². The molecule has 0 radical (unpaired) electrons. The van der Waals surface area contributed by atoms with Gasteiger partial charge in [0.05, 0.1) is 6.21 Å². The predicted octanol–water partition coefficient (Wildman–Crippen LogP) is 0.590. The molecule has 1 heterocycles. The van der Waals surface area contributed by atoms with Gasteiger partial charge in [0.25, 0.3) is 0 Å². The van der Waals surface area contributed by atoms with Gasteiger partial charge in [0.2, 0.25) is 0 Å². The van der Waals surface area contributed by atoms with Gasteiger partial charge in [0.1, 0.15) is 11.5 Å². The second kappa shape index (κ2) is 3.68. The van der Waals surface area contributed by atoms with E-state index in [1.165, 1.54) is 6.21 Å². The second-order valence-electron chi connectivity index (χ2n) is 2.16. The highest BCUT2D eigenvalue weighted by molar-refractivity contribution is 5.89. The molecule has 0 bridgehead atoms. The Balaban J connectivity index is 2.63. The van der Waals surface area contributed by atoms with Gasteiger partial charge in [-0.2, -0.15) is 4.99 Å².